The maximum atomic E-state index is 5.86. The van der Waals surface area contributed by atoms with Gasteiger partial charge in [0.25, 0.3) is 0 Å². The summed E-state index contributed by atoms with van der Waals surface area (Å²) in [5.74, 6) is 2.68. The van der Waals surface area contributed by atoms with Gasteiger partial charge < -0.3 is 24.8 Å². The van der Waals surface area contributed by atoms with Crippen LogP contribution in [0, 0.1) is 6.92 Å². The van der Waals surface area contributed by atoms with Gasteiger partial charge in [0.1, 0.15) is 18.1 Å². The summed E-state index contributed by atoms with van der Waals surface area (Å²) in [4.78, 5) is 4.33. The van der Waals surface area contributed by atoms with Crippen molar-refractivity contribution < 1.29 is 14.2 Å². The Morgan fingerprint density at radius 3 is 2.80 bits per heavy atom. The molecule has 0 aromatic heterocycles. The number of fused-ring (bicyclic) bond motifs is 1. The zero-order chi connectivity index (χ0) is 20.5. The average molecular weight is 525 g/mol. The lowest BCUT2D eigenvalue weighted by molar-refractivity contribution is 0.145. The minimum atomic E-state index is 0. The summed E-state index contributed by atoms with van der Waals surface area (Å²) in [7, 11) is 3.46. The van der Waals surface area contributed by atoms with Crippen LogP contribution in [0.25, 0.3) is 0 Å². The van der Waals surface area contributed by atoms with Crippen LogP contribution in [0.2, 0.25) is 0 Å². The molecule has 164 valence electrons. The van der Waals surface area contributed by atoms with Crippen molar-refractivity contribution in [2.24, 2.45) is 4.99 Å². The number of benzene rings is 2. The highest BCUT2D eigenvalue weighted by molar-refractivity contribution is 14.0. The standard InChI is InChI=1S/C23H31N3O3.HI/c1-17-4-6-20(22(14-17)29-13-12-27-3)16-26-23(24-2)25-10-8-18-5-7-21-19(15-18)9-11-28-21;/h4-7,14-15H,8-13,16H2,1-3H3,(H2,24,25,26);1H. The molecule has 3 rings (SSSR count). The zero-order valence-corrected chi connectivity index (χ0v) is 20.3. The molecule has 1 aliphatic heterocycles. The maximum Gasteiger partial charge on any atom is 0.191 e. The van der Waals surface area contributed by atoms with Gasteiger partial charge in [0.15, 0.2) is 5.96 Å². The van der Waals surface area contributed by atoms with Gasteiger partial charge in [-0.15, -0.1) is 24.0 Å². The Balaban J connectivity index is 0.00000320. The molecule has 0 spiro atoms. The lowest BCUT2D eigenvalue weighted by atomic mass is 10.1. The van der Waals surface area contributed by atoms with Gasteiger partial charge in [-0.2, -0.15) is 0 Å². The van der Waals surface area contributed by atoms with Crippen LogP contribution in [0.5, 0.6) is 11.5 Å². The van der Waals surface area contributed by atoms with Crippen LogP contribution < -0.4 is 20.1 Å². The van der Waals surface area contributed by atoms with E-state index in [4.69, 9.17) is 14.2 Å². The Hall–Kier alpha value is -2.00. The smallest absolute Gasteiger partial charge is 0.191 e. The summed E-state index contributed by atoms with van der Waals surface area (Å²) >= 11 is 0. The van der Waals surface area contributed by atoms with E-state index in [2.05, 4.69) is 58.9 Å². The summed E-state index contributed by atoms with van der Waals surface area (Å²) in [5, 5.41) is 6.76. The van der Waals surface area contributed by atoms with Gasteiger partial charge in [-0.05, 0) is 42.2 Å². The van der Waals surface area contributed by atoms with E-state index in [-0.39, 0.29) is 24.0 Å². The molecule has 1 heterocycles. The van der Waals surface area contributed by atoms with Crippen molar-refractivity contribution in [2.75, 3.05) is 40.5 Å². The van der Waals surface area contributed by atoms with Gasteiger partial charge in [-0.3, -0.25) is 4.99 Å². The molecular weight excluding hydrogens is 493 g/mol. The minimum Gasteiger partial charge on any atom is -0.493 e. The molecule has 0 radical (unpaired) electrons. The number of halogens is 1. The predicted octanol–water partition coefficient (Wildman–Crippen LogP) is 3.48. The van der Waals surface area contributed by atoms with Crippen LogP contribution in [0.3, 0.4) is 0 Å². The quantitative estimate of drug-likeness (QED) is 0.227. The second-order valence-electron chi connectivity index (χ2n) is 7.10. The normalized spacial score (nSPS) is 12.6. The van der Waals surface area contributed by atoms with Crippen molar-refractivity contribution in [2.45, 2.75) is 26.3 Å². The maximum absolute atomic E-state index is 5.86. The van der Waals surface area contributed by atoms with Crippen LogP contribution in [0.1, 0.15) is 22.3 Å². The summed E-state index contributed by atoms with van der Waals surface area (Å²) in [6.07, 6.45) is 1.94. The Kier molecular flexibility index (Phi) is 10.2. The third kappa shape index (κ3) is 7.05. The van der Waals surface area contributed by atoms with E-state index in [0.717, 1.165) is 49.0 Å². The largest absolute Gasteiger partial charge is 0.493 e. The highest BCUT2D eigenvalue weighted by Crippen LogP contribution is 2.26. The zero-order valence-electron chi connectivity index (χ0n) is 18.0. The van der Waals surface area contributed by atoms with E-state index in [9.17, 15) is 0 Å². The molecule has 6 nitrogen and oxygen atoms in total. The van der Waals surface area contributed by atoms with Gasteiger partial charge in [-0.1, -0.05) is 24.3 Å². The topological polar surface area (TPSA) is 64.1 Å². The van der Waals surface area contributed by atoms with Crippen LogP contribution in [-0.4, -0.2) is 46.5 Å². The van der Waals surface area contributed by atoms with Crippen LogP contribution in [0.4, 0.5) is 0 Å². The monoisotopic (exact) mass is 525 g/mol. The minimum absolute atomic E-state index is 0. The second kappa shape index (κ2) is 12.6. The number of hydrogen-bond donors (Lipinski definition) is 2. The number of aliphatic imine (C=N–C) groups is 1. The second-order valence-corrected chi connectivity index (χ2v) is 7.10. The van der Waals surface area contributed by atoms with Crippen molar-refractivity contribution >= 4 is 29.9 Å². The molecule has 1 aliphatic rings. The Labute approximate surface area is 196 Å². The van der Waals surface area contributed by atoms with Crippen LogP contribution >= 0.6 is 24.0 Å². The van der Waals surface area contributed by atoms with Crippen molar-refractivity contribution in [1.82, 2.24) is 10.6 Å². The number of ether oxygens (including phenoxy) is 3. The highest BCUT2D eigenvalue weighted by Gasteiger charge is 2.12. The molecule has 0 fully saturated rings. The summed E-state index contributed by atoms with van der Waals surface area (Å²) in [5.41, 5.74) is 4.88. The first kappa shape index (κ1) is 24.3. The number of nitrogens with one attached hydrogen (secondary N) is 2. The third-order valence-electron chi connectivity index (χ3n) is 4.90. The molecule has 0 saturated carbocycles. The first-order valence-corrected chi connectivity index (χ1v) is 10.1. The van der Waals surface area contributed by atoms with E-state index in [1.807, 2.05) is 0 Å². The van der Waals surface area contributed by atoms with E-state index in [1.165, 1.54) is 16.7 Å². The molecule has 0 unspecified atom stereocenters. The Morgan fingerprint density at radius 1 is 1.13 bits per heavy atom. The van der Waals surface area contributed by atoms with E-state index in [1.54, 1.807) is 14.2 Å². The number of hydrogen-bond acceptors (Lipinski definition) is 4. The number of rotatable bonds is 9. The molecular formula is C23H32IN3O3. The highest BCUT2D eigenvalue weighted by atomic mass is 127. The van der Waals surface area contributed by atoms with Gasteiger partial charge in [0.05, 0.1) is 13.2 Å². The van der Waals surface area contributed by atoms with Gasteiger partial charge in [0, 0.05) is 39.2 Å². The lowest BCUT2D eigenvalue weighted by Crippen LogP contribution is -2.38. The SMILES string of the molecule is CN=C(NCCc1ccc2c(c1)CCO2)NCc1ccc(C)cc1OCCOC.I. The Bertz CT molecular complexity index is 842. The average Bonchev–Trinajstić information content (AvgIpc) is 3.19. The number of guanidine groups is 1. The summed E-state index contributed by atoms with van der Waals surface area (Å²) in [6, 6.07) is 12.7. The van der Waals surface area contributed by atoms with Crippen molar-refractivity contribution in [1.29, 1.82) is 0 Å². The number of methoxy groups -OCH3 is 1. The van der Waals surface area contributed by atoms with Gasteiger partial charge in [0.2, 0.25) is 0 Å². The molecule has 2 aromatic carbocycles. The fraction of sp³-hybridized carbons (Fsp3) is 0.435. The summed E-state index contributed by atoms with van der Waals surface area (Å²) in [6.45, 7) is 5.41. The first-order valence-electron chi connectivity index (χ1n) is 10.1. The van der Waals surface area contributed by atoms with Crippen molar-refractivity contribution in [3.8, 4) is 11.5 Å². The molecule has 30 heavy (non-hydrogen) atoms. The van der Waals surface area contributed by atoms with E-state index >= 15 is 0 Å². The fourth-order valence-electron chi connectivity index (χ4n) is 3.30. The van der Waals surface area contributed by atoms with Gasteiger partial charge in [-0.25, -0.2) is 0 Å². The predicted molar refractivity (Wildman–Crippen MR) is 132 cm³/mol. The van der Waals surface area contributed by atoms with Crippen molar-refractivity contribution in [3.05, 3.63) is 58.7 Å². The molecule has 0 amide bonds. The molecule has 0 bridgehead atoms. The van der Waals surface area contributed by atoms with Crippen LogP contribution in [-0.2, 0) is 24.1 Å². The number of aryl methyl sites for hydroxylation is 1. The lowest BCUT2D eigenvalue weighted by Gasteiger charge is -2.15. The molecule has 2 N–H and O–H groups in total. The molecule has 0 saturated heterocycles. The molecule has 2 aromatic rings. The first-order chi connectivity index (χ1) is 14.2. The van der Waals surface area contributed by atoms with Gasteiger partial charge >= 0.3 is 0 Å². The van der Waals surface area contributed by atoms with Crippen molar-refractivity contribution in [3.63, 3.8) is 0 Å². The molecule has 0 atom stereocenters. The van der Waals surface area contributed by atoms with Crippen LogP contribution in [0.15, 0.2) is 41.4 Å². The third-order valence-corrected chi connectivity index (χ3v) is 4.90. The molecule has 7 heteroatoms. The van der Waals surface area contributed by atoms with E-state index < -0.39 is 0 Å². The molecule has 0 aliphatic carbocycles. The Morgan fingerprint density at radius 2 is 2.00 bits per heavy atom. The number of nitrogens with zero attached hydrogens (tertiary/aromatic N) is 1. The fourth-order valence-corrected chi connectivity index (χ4v) is 3.30. The van der Waals surface area contributed by atoms with E-state index in [0.29, 0.717) is 19.8 Å². The summed E-state index contributed by atoms with van der Waals surface area (Å²) < 4.78 is 16.5.